The van der Waals surface area contributed by atoms with Crippen LogP contribution >= 0.6 is 21.4 Å². The first-order valence-electron chi connectivity index (χ1n) is 3.14. The molecule has 0 radical (unpaired) electrons. The summed E-state index contributed by atoms with van der Waals surface area (Å²) in [5.74, 6) is 0.705. The van der Waals surface area contributed by atoms with Crippen LogP contribution in [0.1, 0.15) is 6.42 Å². The summed E-state index contributed by atoms with van der Waals surface area (Å²) in [4.78, 5) is 0. The van der Waals surface area contributed by atoms with Crippen molar-refractivity contribution in [2.45, 2.75) is 6.42 Å². The molecule has 1 heterocycles. The summed E-state index contributed by atoms with van der Waals surface area (Å²) in [6, 6.07) is 0. The first kappa shape index (κ1) is 8.78. The lowest BCUT2D eigenvalue weighted by molar-refractivity contribution is 0.189. The molecule has 0 spiro atoms. The average Bonchev–Trinajstić information content (AvgIpc) is 2.12. The lowest BCUT2D eigenvalue weighted by atomic mass is 10.2. The summed E-state index contributed by atoms with van der Waals surface area (Å²) in [5.41, 5.74) is 0. The molecule has 1 aliphatic rings. The molecule has 0 N–H and O–H groups in total. The molecule has 1 rings (SSSR count). The van der Waals surface area contributed by atoms with Gasteiger partial charge in [0.2, 0.25) is 0 Å². The molecule has 0 bridgehead atoms. The Hall–Kier alpha value is 0.690. The Morgan fingerprint density at radius 1 is 1.60 bits per heavy atom. The van der Waals surface area contributed by atoms with E-state index in [-0.39, 0.29) is 0 Å². The van der Waals surface area contributed by atoms with E-state index in [0.717, 1.165) is 13.0 Å². The molecule has 0 aromatic heterocycles. The van der Waals surface area contributed by atoms with Crippen molar-refractivity contribution in [3.63, 3.8) is 0 Å². The second-order valence-corrected chi connectivity index (χ2v) is 7.78. The van der Waals surface area contributed by atoms with Crippen LogP contribution in [0.4, 0.5) is 0 Å². The predicted octanol–water partition coefficient (Wildman–Crippen LogP) is 1.35. The highest BCUT2D eigenvalue weighted by Crippen LogP contribution is 2.24. The van der Waals surface area contributed by atoms with E-state index in [1.54, 1.807) is 0 Å². The largest absolute Gasteiger partial charge is 0.381 e. The fourth-order valence-electron chi connectivity index (χ4n) is 1.03. The van der Waals surface area contributed by atoms with Gasteiger partial charge in [0.1, 0.15) is 0 Å². The van der Waals surface area contributed by atoms with Crippen molar-refractivity contribution >= 4 is 29.7 Å². The molecule has 2 nitrogen and oxygen atoms in total. The molecule has 1 unspecified atom stereocenters. The molecular formula is C5H10Cl2O2S. The van der Waals surface area contributed by atoms with E-state index < -0.39 is 8.36 Å². The van der Waals surface area contributed by atoms with Gasteiger partial charge in [0, 0.05) is 20.7 Å². The van der Waals surface area contributed by atoms with E-state index in [1.807, 2.05) is 0 Å². The molecule has 0 amide bonds. The summed E-state index contributed by atoms with van der Waals surface area (Å²) >= 11 is 0. The highest BCUT2D eigenvalue weighted by atomic mass is 36.0. The van der Waals surface area contributed by atoms with E-state index in [1.165, 1.54) is 0 Å². The minimum absolute atomic E-state index is 0.306. The maximum absolute atomic E-state index is 10.8. The Morgan fingerprint density at radius 3 is 2.70 bits per heavy atom. The third-order valence-corrected chi connectivity index (χ3v) is 3.26. The quantitative estimate of drug-likeness (QED) is 0.544. The van der Waals surface area contributed by atoms with Crippen LogP contribution in [0.5, 0.6) is 0 Å². The number of rotatable bonds is 2. The van der Waals surface area contributed by atoms with Crippen LogP contribution in [-0.2, 0) is 13.1 Å². The van der Waals surface area contributed by atoms with Crippen molar-refractivity contribution in [2.75, 3.05) is 19.0 Å². The SMILES string of the molecule is O=[SH](Cl)(Cl)CC1CCOC1. The van der Waals surface area contributed by atoms with E-state index in [2.05, 4.69) is 0 Å². The highest BCUT2D eigenvalue weighted by molar-refractivity contribution is 8.40. The lowest BCUT2D eigenvalue weighted by Crippen LogP contribution is -2.12. The maximum Gasteiger partial charge on any atom is 0.0504 e. The van der Waals surface area contributed by atoms with Crippen LogP contribution in [-0.4, -0.2) is 23.2 Å². The van der Waals surface area contributed by atoms with Gasteiger partial charge < -0.3 is 4.74 Å². The van der Waals surface area contributed by atoms with Crippen LogP contribution in [0, 0.1) is 5.92 Å². The Balaban J connectivity index is 2.31. The van der Waals surface area contributed by atoms with Gasteiger partial charge in [0.15, 0.2) is 0 Å². The monoisotopic (exact) mass is 204 g/mol. The normalized spacial score (nSPS) is 28.8. The topological polar surface area (TPSA) is 26.3 Å². The predicted molar refractivity (Wildman–Crippen MR) is 45.0 cm³/mol. The van der Waals surface area contributed by atoms with E-state index >= 15 is 0 Å². The van der Waals surface area contributed by atoms with Crippen LogP contribution < -0.4 is 0 Å². The second-order valence-electron chi connectivity index (χ2n) is 2.48. The first-order chi connectivity index (χ1) is 4.58. The molecule has 0 saturated carbocycles. The van der Waals surface area contributed by atoms with Crippen molar-refractivity contribution in [3.8, 4) is 0 Å². The van der Waals surface area contributed by atoms with Crippen LogP contribution in [0.15, 0.2) is 0 Å². The van der Waals surface area contributed by atoms with Gasteiger partial charge in [-0.2, -0.15) is 0 Å². The molecule has 10 heavy (non-hydrogen) atoms. The molecule has 1 fully saturated rings. The minimum Gasteiger partial charge on any atom is -0.381 e. The van der Waals surface area contributed by atoms with Gasteiger partial charge in [-0.3, -0.25) is 4.21 Å². The van der Waals surface area contributed by atoms with Gasteiger partial charge >= 0.3 is 0 Å². The van der Waals surface area contributed by atoms with Gasteiger partial charge in [-0.25, -0.2) is 0 Å². The summed E-state index contributed by atoms with van der Waals surface area (Å²) in [5, 5.41) is 0. The smallest absolute Gasteiger partial charge is 0.0504 e. The third-order valence-electron chi connectivity index (χ3n) is 1.49. The molecule has 0 aliphatic carbocycles. The summed E-state index contributed by atoms with van der Waals surface area (Å²) in [6.07, 6.45) is 0.934. The van der Waals surface area contributed by atoms with Crippen molar-refractivity contribution in [1.29, 1.82) is 0 Å². The minimum atomic E-state index is -2.85. The molecule has 62 valence electrons. The van der Waals surface area contributed by atoms with Crippen LogP contribution in [0.25, 0.3) is 0 Å². The summed E-state index contributed by atoms with van der Waals surface area (Å²) in [7, 11) is 7.91. The highest BCUT2D eigenvalue weighted by Gasteiger charge is 2.20. The van der Waals surface area contributed by atoms with Gasteiger partial charge in [0.05, 0.1) is 6.61 Å². The fourth-order valence-corrected chi connectivity index (χ4v) is 3.09. The Labute approximate surface area is 70.3 Å². The number of hydrogen-bond donors (Lipinski definition) is 1. The van der Waals surface area contributed by atoms with E-state index in [9.17, 15) is 4.21 Å². The van der Waals surface area contributed by atoms with Crippen molar-refractivity contribution in [1.82, 2.24) is 0 Å². The molecule has 1 atom stereocenters. The Morgan fingerprint density at radius 2 is 2.30 bits per heavy atom. The average molecular weight is 205 g/mol. The Kier molecular flexibility index (Phi) is 2.98. The summed E-state index contributed by atoms with van der Waals surface area (Å²) < 4.78 is 15.9. The number of ether oxygens (including phenoxy) is 1. The number of halogens is 2. The van der Waals surface area contributed by atoms with Crippen LogP contribution in [0.2, 0.25) is 0 Å². The standard InChI is InChI=1S/C5H10Cl2O2S/c6-10(7,8)4-5-1-2-9-3-5/h5,10H,1-4H2. The third kappa shape index (κ3) is 3.19. The molecule has 1 saturated heterocycles. The second kappa shape index (κ2) is 3.39. The van der Waals surface area contributed by atoms with Crippen LogP contribution in [0.3, 0.4) is 0 Å². The molecule has 5 heteroatoms. The zero-order chi connectivity index (χ0) is 7.61. The van der Waals surface area contributed by atoms with Gasteiger partial charge in [-0.1, -0.05) is 0 Å². The lowest BCUT2D eigenvalue weighted by Gasteiger charge is -2.10. The number of hydrogen-bond acceptors (Lipinski definition) is 2. The summed E-state index contributed by atoms with van der Waals surface area (Å²) in [6.45, 7) is 1.40. The Bertz CT molecular complexity index is 150. The van der Waals surface area contributed by atoms with Gasteiger partial charge in [-0.15, -0.1) is 0 Å². The molecule has 0 aromatic carbocycles. The molecule has 0 aromatic rings. The van der Waals surface area contributed by atoms with E-state index in [4.69, 9.17) is 26.1 Å². The molecular weight excluding hydrogens is 195 g/mol. The van der Waals surface area contributed by atoms with Crippen molar-refractivity contribution in [3.05, 3.63) is 0 Å². The van der Waals surface area contributed by atoms with Crippen molar-refractivity contribution in [2.24, 2.45) is 5.92 Å². The number of thiol groups is 1. The van der Waals surface area contributed by atoms with E-state index in [0.29, 0.717) is 18.3 Å². The zero-order valence-electron chi connectivity index (χ0n) is 5.43. The van der Waals surface area contributed by atoms with Gasteiger partial charge in [0.25, 0.3) is 0 Å². The zero-order valence-corrected chi connectivity index (χ0v) is 7.83. The molecule has 1 aliphatic heterocycles. The first-order valence-corrected chi connectivity index (χ1v) is 6.84. The fraction of sp³-hybridized carbons (Fsp3) is 1.00. The maximum atomic E-state index is 10.8. The van der Waals surface area contributed by atoms with Gasteiger partial charge in [-0.05, 0) is 33.7 Å². The van der Waals surface area contributed by atoms with Crippen molar-refractivity contribution < 1.29 is 8.95 Å².